The Labute approximate surface area is 158 Å². The van der Waals surface area contributed by atoms with Crippen molar-refractivity contribution in [2.75, 3.05) is 11.4 Å². The van der Waals surface area contributed by atoms with Crippen molar-refractivity contribution in [2.24, 2.45) is 0 Å². The summed E-state index contributed by atoms with van der Waals surface area (Å²) in [4.78, 5) is 25.9. The van der Waals surface area contributed by atoms with Gasteiger partial charge in [0.25, 0.3) is 5.56 Å². The van der Waals surface area contributed by atoms with E-state index in [0.717, 1.165) is 12.3 Å². The molecule has 0 fully saturated rings. The van der Waals surface area contributed by atoms with Gasteiger partial charge in [-0.2, -0.15) is 18.4 Å². The van der Waals surface area contributed by atoms with Crippen LogP contribution in [-0.2, 0) is 17.5 Å². The van der Waals surface area contributed by atoms with Crippen molar-refractivity contribution < 1.29 is 18.0 Å². The van der Waals surface area contributed by atoms with Gasteiger partial charge in [0.15, 0.2) is 0 Å². The van der Waals surface area contributed by atoms with Crippen LogP contribution in [0.4, 0.5) is 18.9 Å². The predicted molar refractivity (Wildman–Crippen MR) is 94.5 cm³/mol. The summed E-state index contributed by atoms with van der Waals surface area (Å²) in [7, 11) is 0. The third-order valence-corrected chi connectivity index (χ3v) is 4.26. The smallest absolute Gasteiger partial charge is 0.310 e. The monoisotopic (exact) mass is 397 g/mol. The predicted octanol–water partition coefficient (Wildman–Crippen LogP) is 3.78. The molecule has 1 amide bonds. The molecule has 9 heteroatoms. The van der Waals surface area contributed by atoms with Crippen molar-refractivity contribution in [3.05, 3.63) is 63.0 Å². The number of halogens is 4. The van der Waals surface area contributed by atoms with Gasteiger partial charge in [-0.15, -0.1) is 0 Å². The molecule has 0 bridgehead atoms. The molecule has 27 heavy (non-hydrogen) atoms. The van der Waals surface area contributed by atoms with Gasteiger partial charge in [0.1, 0.15) is 12.1 Å². The Bertz CT molecular complexity index is 948. The number of alkyl halides is 3. The Morgan fingerprint density at radius 2 is 2.04 bits per heavy atom. The summed E-state index contributed by atoms with van der Waals surface area (Å²) < 4.78 is 39.3. The zero-order chi connectivity index (χ0) is 20.2. The summed E-state index contributed by atoms with van der Waals surface area (Å²) in [5.74, 6) is -0.617. The highest BCUT2D eigenvalue weighted by Gasteiger charge is 2.34. The lowest BCUT2D eigenvalue weighted by Gasteiger charge is -2.23. The Morgan fingerprint density at radius 3 is 2.63 bits per heavy atom. The van der Waals surface area contributed by atoms with E-state index in [-0.39, 0.29) is 13.0 Å². The van der Waals surface area contributed by atoms with Gasteiger partial charge in [-0.25, -0.2) is 0 Å². The minimum atomic E-state index is -4.81. The summed E-state index contributed by atoms with van der Waals surface area (Å²) in [6, 6.07) is 8.42. The fraction of sp³-hybridized carbons (Fsp3) is 0.278. The molecule has 0 spiro atoms. The maximum atomic E-state index is 12.9. The van der Waals surface area contributed by atoms with Crippen LogP contribution in [0.2, 0.25) is 5.02 Å². The molecule has 142 valence electrons. The molecule has 0 aliphatic carbocycles. The lowest BCUT2D eigenvalue weighted by atomic mass is 10.2. The van der Waals surface area contributed by atoms with Crippen molar-refractivity contribution in [3.8, 4) is 6.07 Å². The first-order chi connectivity index (χ1) is 12.6. The third-order valence-electron chi connectivity index (χ3n) is 3.83. The topological polar surface area (TPSA) is 66.1 Å². The summed E-state index contributed by atoms with van der Waals surface area (Å²) >= 11 is 5.97. The standard InChI is InChI=1S/C18H15ClF3N3O2/c1-12-10-13(5-6-15(12)19)25(9-3-7-23)16(26)11-24-8-2-4-14(17(24)27)18(20,21)22/h2,4-6,8,10H,3,9,11H2,1H3. The first-order valence-corrected chi connectivity index (χ1v) is 8.23. The molecule has 0 radical (unpaired) electrons. The van der Waals surface area contributed by atoms with Crippen LogP contribution in [0.3, 0.4) is 0 Å². The molecule has 2 rings (SSSR count). The van der Waals surface area contributed by atoms with Crippen molar-refractivity contribution in [1.82, 2.24) is 4.57 Å². The van der Waals surface area contributed by atoms with Crippen LogP contribution in [0.5, 0.6) is 0 Å². The van der Waals surface area contributed by atoms with E-state index in [1.54, 1.807) is 25.1 Å². The summed E-state index contributed by atoms with van der Waals surface area (Å²) in [6.07, 6.45) is -3.67. The number of aromatic nitrogens is 1. The Balaban J connectivity index is 2.36. The summed E-state index contributed by atoms with van der Waals surface area (Å²) in [5.41, 5.74) is -1.51. The molecule has 0 saturated heterocycles. The zero-order valence-electron chi connectivity index (χ0n) is 14.3. The van der Waals surface area contributed by atoms with Gasteiger partial charge < -0.3 is 9.47 Å². The second kappa shape index (κ2) is 8.27. The molecule has 1 heterocycles. The first kappa shape index (κ1) is 20.5. The van der Waals surface area contributed by atoms with Crippen molar-refractivity contribution in [3.63, 3.8) is 0 Å². The molecule has 0 aliphatic heterocycles. The fourth-order valence-electron chi connectivity index (χ4n) is 2.46. The van der Waals surface area contributed by atoms with Crippen LogP contribution in [-0.4, -0.2) is 17.0 Å². The lowest BCUT2D eigenvalue weighted by Crippen LogP contribution is -2.38. The number of aryl methyl sites for hydroxylation is 1. The second-order valence-corrected chi connectivity index (χ2v) is 6.15. The van der Waals surface area contributed by atoms with Gasteiger partial charge in [-0.05, 0) is 42.8 Å². The molecule has 0 unspecified atom stereocenters. The van der Waals surface area contributed by atoms with E-state index >= 15 is 0 Å². The highest BCUT2D eigenvalue weighted by atomic mass is 35.5. The molecule has 1 aromatic heterocycles. The number of pyridine rings is 1. The minimum absolute atomic E-state index is 0.0188. The molecule has 0 atom stereocenters. The first-order valence-electron chi connectivity index (χ1n) is 7.85. The third kappa shape index (κ3) is 4.89. The summed E-state index contributed by atoms with van der Waals surface area (Å²) in [6.45, 7) is 1.18. The molecule has 5 nitrogen and oxygen atoms in total. The number of carbonyl (C=O) groups excluding carboxylic acids is 1. The van der Waals surface area contributed by atoms with E-state index in [2.05, 4.69) is 0 Å². The number of benzene rings is 1. The number of nitriles is 1. The second-order valence-electron chi connectivity index (χ2n) is 5.74. The van der Waals surface area contributed by atoms with Crippen LogP contribution in [0.15, 0.2) is 41.3 Å². The molecule has 1 aromatic carbocycles. The normalized spacial score (nSPS) is 11.1. The van der Waals surface area contributed by atoms with E-state index in [4.69, 9.17) is 16.9 Å². The summed E-state index contributed by atoms with van der Waals surface area (Å²) in [5, 5.41) is 9.30. The Hall–Kier alpha value is -2.79. The maximum absolute atomic E-state index is 12.9. The lowest BCUT2D eigenvalue weighted by molar-refractivity contribution is -0.139. The average molecular weight is 398 g/mol. The number of amides is 1. The average Bonchev–Trinajstić information content (AvgIpc) is 2.59. The van der Waals surface area contributed by atoms with Crippen LogP contribution in [0.1, 0.15) is 17.5 Å². The largest absolute Gasteiger partial charge is 0.421 e. The van der Waals surface area contributed by atoms with E-state index in [1.165, 1.54) is 4.90 Å². The van der Waals surface area contributed by atoms with Gasteiger partial charge >= 0.3 is 6.18 Å². The highest BCUT2D eigenvalue weighted by Crippen LogP contribution is 2.26. The van der Waals surface area contributed by atoms with E-state index in [0.29, 0.717) is 26.9 Å². The number of carbonyl (C=O) groups is 1. The molecular formula is C18H15ClF3N3O2. The van der Waals surface area contributed by atoms with Crippen LogP contribution in [0.25, 0.3) is 0 Å². The van der Waals surface area contributed by atoms with Crippen molar-refractivity contribution in [2.45, 2.75) is 26.1 Å². The van der Waals surface area contributed by atoms with Crippen LogP contribution < -0.4 is 10.5 Å². The van der Waals surface area contributed by atoms with Gasteiger partial charge in [-0.3, -0.25) is 9.59 Å². The zero-order valence-corrected chi connectivity index (χ0v) is 15.0. The Kier molecular flexibility index (Phi) is 6.28. The SMILES string of the molecule is Cc1cc(N(CCC#N)C(=O)Cn2cccc(C(F)(F)F)c2=O)ccc1Cl. The maximum Gasteiger partial charge on any atom is 0.421 e. The Morgan fingerprint density at radius 1 is 1.33 bits per heavy atom. The van der Waals surface area contributed by atoms with E-state index in [9.17, 15) is 22.8 Å². The quantitative estimate of drug-likeness (QED) is 0.771. The van der Waals surface area contributed by atoms with Gasteiger partial charge in [0, 0.05) is 23.5 Å². The minimum Gasteiger partial charge on any atom is -0.310 e. The molecule has 0 saturated carbocycles. The molecular weight excluding hydrogens is 383 g/mol. The molecule has 0 N–H and O–H groups in total. The number of hydrogen-bond acceptors (Lipinski definition) is 3. The van der Waals surface area contributed by atoms with Gasteiger partial charge in [0.05, 0.1) is 12.5 Å². The van der Waals surface area contributed by atoms with Gasteiger partial charge in [0.2, 0.25) is 5.91 Å². The van der Waals surface area contributed by atoms with Crippen molar-refractivity contribution in [1.29, 1.82) is 5.26 Å². The van der Waals surface area contributed by atoms with Crippen molar-refractivity contribution >= 4 is 23.2 Å². The van der Waals surface area contributed by atoms with Crippen LogP contribution in [0, 0.1) is 18.3 Å². The number of hydrogen-bond donors (Lipinski definition) is 0. The highest BCUT2D eigenvalue weighted by molar-refractivity contribution is 6.31. The van der Waals surface area contributed by atoms with Gasteiger partial charge in [-0.1, -0.05) is 11.6 Å². The fourth-order valence-corrected chi connectivity index (χ4v) is 2.58. The number of nitrogens with zero attached hydrogens (tertiary/aromatic N) is 3. The number of rotatable bonds is 5. The number of anilines is 1. The van der Waals surface area contributed by atoms with E-state index in [1.807, 2.05) is 6.07 Å². The molecule has 0 aliphatic rings. The van der Waals surface area contributed by atoms with Crippen LogP contribution >= 0.6 is 11.6 Å². The van der Waals surface area contributed by atoms with E-state index < -0.39 is 29.8 Å². The molecule has 2 aromatic rings.